The van der Waals surface area contributed by atoms with Crippen LogP contribution in [0.3, 0.4) is 0 Å². The number of aryl methyl sites for hydroxylation is 1. The second-order valence-corrected chi connectivity index (χ2v) is 8.92. The molecule has 2 bridgehead atoms. The van der Waals surface area contributed by atoms with Crippen LogP contribution in [-0.2, 0) is 16.6 Å². The van der Waals surface area contributed by atoms with Crippen LogP contribution < -0.4 is 5.32 Å². The predicted octanol–water partition coefficient (Wildman–Crippen LogP) is 2.98. The van der Waals surface area contributed by atoms with Crippen molar-refractivity contribution in [2.75, 3.05) is 19.8 Å². The van der Waals surface area contributed by atoms with E-state index in [1.54, 1.807) is 4.68 Å². The van der Waals surface area contributed by atoms with Gasteiger partial charge in [-0.2, -0.15) is 18.3 Å². The Balaban J connectivity index is 0.000000384. The lowest BCUT2D eigenvalue weighted by atomic mass is 9.90. The van der Waals surface area contributed by atoms with Crippen molar-refractivity contribution in [2.45, 2.75) is 44.1 Å². The van der Waals surface area contributed by atoms with Gasteiger partial charge in [-0.3, -0.25) is 14.4 Å². The highest BCUT2D eigenvalue weighted by atomic mass is 19.4. The van der Waals surface area contributed by atoms with E-state index in [-0.39, 0.29) is 11.9 Å². The zero-order valence-corrected chi connectivity index (χ0v) is 19.9. The predicted molar refractivity (Wildman–Crippen MR) is 125 cm³/mol. The van der Waals surface area contributed by atoms with Crippen LogP contribution in [0, 0.1) is 0 Å². The largest absolute Gasteiger partial charge is 0.490 e. The number of aliphatic carboxylic acids is 1. The number of benzene rings is 1. The molecule has 36 heavy (non-hydrogen) atoms. The summed E-state index contributed by atoms with van der Waals surface area (Å²) < 4.78 is 41.3. The molecule has 0 aliphatic carbocycles. The number of morpholine rings is 1. The number of nitrogens with one attached hydrogen (secondary N) is 1. The Morgan fingerprint density at radius 3 is 2.36 bits per heavy atom. The third-order valence-electron chi connectivity index (χ3n) is 6.54. The number of fused-ring (bicyclic) bond motifs is 3. The van der Waals surface area contributed by atoms with Gasteiger partial charge in [0.2, 0.25) is 0 Å². The SMILES string of the molecule is CCN1C2COCC1CC(NC(=O)c1cn(-c3cnn(C)c3)c3ccccc13)C2.O=C(O)C(F)(F)F. The van der Waals surface area contributed by atoms with Crippen molar-refractivity contribution in [2.24, 2.45) is 7.05 Å². The summed E-state index contributed by atoms with van der Waals surface area (Å²) in [4.78, 5) is 24.7. The minimum atomic E-state index is -5.08. The van der Waals surface area contributed by atoms with E-state index in [2.05, 4.69) is 22.2 Å². The third-order valence-corrected chi connectivity index (χ3v) is 6.54. The van der Waals surface area contributed by atoms with Crippen molar-refractivity contribution in [1.82, 2.24) is 24.6 Å². The van der Waals surface area contributed by atoms with Crippen LogP contribution in [0.5, 0.6) is 0 Å². The first-order valence-corrected chi connectivity index (χ1v) is 11.6. The normalized spacial score (nSPS) is 22.1. The number of piperidine rings is 1. The highest BCUT2D eigenvalue weighted by Gasteiger charge is 2.39. The number of aromatic nitrogens is 3. The number of alkyl halides is 3. The van der Waals surface area contributed by atoms with Crippen LogP contribution in [0.1, 0.15) is 30.1 Å². The molecule has 2 aliphatic rings. The average Bonchev–Trinajstić information content (AvgIpc) is 3.42. The lowest BCUT2D eigenvalue weighted by molar-refractivity contribution is -0.192. The van der Waals surface area contributed by atoms with E-state index in [1.165, 1.54) is 0 Å². The maximum absolute atomic E-state index is 13.3. The van der Waals surface area contributed by atoms with Gasteiger partial charge in [0, 0.05) is 43.0 Å². The number of carboxylic acids is 1. The molecule has 0 radical (unpaired) electrons. The van der Waals surface area contributed by atoms with E-state index in [1.807, 2.05) is 54.5 Å². The van der Waals surface area contributed by atoms with Crippen LogP contribution in [0.2, 0.25) is 0 Å². The summed E-state index contributed by atoms with van der Waals surface area (Å²) in [6.07, 6.45) is 2.50. The van der Waals surface area contributed by atoms with Crippen LogP contribution in [-0.4, -0.2) is 80.3 Å². The Kier molecular flexibility index (Phi) is 7.36. The number of likely N-dealkylation sites (N-methyl/N-ethyl adjacent to an activating group) is 1. The van der Waals surface area contributed by atoms with E-state index >= 15 is 0 Å². The highest BCUT2D eigenvalue weighted by molar-refractivity contribution is 6.07. The molecule has 2 N–H and O–H groups in total. The number of ether oxygens (including phenoxy) is 1. The number of carboxylic acid groups (broad SMARTS) is 1. The standard InChI is InChI=1S/C22H27N5O2.C2HF3O2/c1-3-26-16-8-15(9-17(26)14-29-13-16)24-22(28)20-12-27(18-10-23-25(2)11-18)21-7-5-4-6-19(20)21;3-2(4,5)1(6)7/h4-7,10-12,15-17H,3,8-9,13-14H2,1-2H3,(H,24,28);(H,6,7). The molecule has 194 valence electrons. The number of hydrogen-bond donors (Lipinski definition) is 2. The van der Waals surface area contributed by atoms with Crippen LogP contribution in [0.25, 0.3) is 16.6 Å². The maximum atomic E-state index is 13.3. The number of amides is 1. The fraction of sp³-hybridized carbons (Fsp3) is 0.458. The Morgan fingerprint density at radius 1 is 1.17 bits per heavy atom. The molecule has 4 heterocycles. The first-order chi connectivity index (χ1) is 17.1. The number of rotatable bonds is 4. The van der Waals surface area contributed by atoms with Gasteiger partial charge in [-0.1, -0.05) is 25.1 Å². The van der Waals surface area contributed by atoms with Gasteiger partial charge in [0.1, 0.15) is 0 Å². The Bertz CT molecular complexity index is 1220. The van der Waals surface area contributed by atoms with Crippen molar-refractivity contribution in [1.29, 1.82) is 0 Å². The van der Waals surface area contributed by atoms with Gasteiger partial charge < -0.3 is 19.7 Å². The molecule has 2 atom stereocenters. The molecule has 0 saturated carbocycles. The van der Waals surface area contributed by atoms with Gasteiger partial charge in [0.15, 0.2) is 0 Å². The molecule has 2 fully saturated rings. The van der Waals surface area contributed by atoms with E-state index in [0.717, 1.165) is 49.2 Å². The Labute approximate surface area is 205 Å². The number of para-hydroxylation sites is 1. The van der Waals surface area contributed by atoms with Gasteiger partial charge >= 0.3 is 12.1 Å². The second-order valence-electron chi connectivity index (χ2n) is 8.92. The number of nitrogens with zero attached hydrogens (tertiary/aromatic N) is 4. The number of halogens is 3. The van der Waals surface area contributed by atoms with E-state index in [9.17, 15) is 18.0 Å². The third kappa shape index (κ3) is 5.39. The average molecular weight is 508 g/mol. The lowest BCUT2D eigenvalue weighted by Gasteiger charge is -2.48. The monoisotopic (exact) mass is 507 g/mol. The molecular formula is C24H28F3N5O4. The van der Waals surface area contributed by atoms with Crippen LogP contribution in [0.15, 0.2) is 42.9 Å². The topological polar surface area (TPSA) is 102 Å². The van der Waals surface area contributed by atoms with Crippen LogP contribution >= 0.6 is 0 Å². The molecule has 3 aromatic rings. The second kappa shape index (κ2) is 10.3. The minimum Gasteiger partial charge on any atom is -0.475 e. The molecule has 5 rings (SSSR count). The molecule has 9 nitrogen and oxygen atoms in total. The summed E-state index contributed by atoms with van der Waals surface area (Å²) >= 11 is 0. The first kappa shape index (κ1) is 25.7. The fourth-order valence-electron chi connectivity index (χ4n) is 4.99. The van der Waals surface area contributed by atoms with Gasteiger partial charge in [-0.05, 0) is 25.5 Å². The zero-order chi connectivity index (χ0) is 26.0. The van der Waals surface area contributed by atoms with E-state index in [0.29, 0.717) is 17.6 Å². The quantitative estimate of drug-likeness (QED) is 0.563. The summed E-state index contributed by atoms with van der Waals surface area (Å²) in [5.74, 6) is -2.76. The number of hydrogen-bond acceptors (Lipinski definition) is 5. The van der Waals surface area contributed by atoms with Crippen molar-refractivity contribution in [3.05, 3.63) is 48.4 Å². The van der Waals surface area contributed by atoms with Gasteiger partial charge in [0.25, 0.3) is 5.91 Å². The van der Waals surface area contributed by atoms with Crippen molar-refractivity contribution < 1.29 is 32.6 Å². The summed E-state index contributed by atoms with van der Waals surface area (Å²) in [6.45, 7) is 4.77. The molecular weight excluding hydrogens is 479 g/mol. The fourth-order valence-corrected chi connectivity index (χ4v) is 4.99. The number of carbonyl (C=O) groups is 2. The highest BCUT2D eigenvalue weighted by Crippen LogP contribution is 2.29. The molecule has 1 amide bonds. The minimum absolute atomic E-state index is 0.00205. The molecule has 2 unspecified atom stereocenters. The molecule has 2 aliphatic heterocycles. The molecule has 0 spiro atoms. The van der Waals surface area contributed by atoms with Crippen molar-refractivity contribution in [3.63, 3.8) is 0 Å². The van der Waals surface area contributed by atoms with Crippen molar-refractivity contribution in [3.8, 4) is 5.69 Å². The van der Waals surface area contributed by atoms with E-state index < -0.39 is 12.1 Å². The Hall–Kier alpha value is -3.38. The molecule has 12 heteroatoms. The van der Waals surface area contributed by atoms with Gasteiger partial charge in [-0.25, -0.2) is 4.79 Å². The van der Waals surface area contributed by atoms with Gasteiger partial charge in [0.05, 0.1) is 36.2 Å². The van der Waals surface area contributed by atoms with E-state index in [4.69, 9.17) is 14.6 Å². The summed E-state index contributed by atoms with van der Waals surface area (Å²) in [7, 11) is 1.89. The lowest BCUT2D eigenvalue weighted by Crippen LogP contribution is -2.60. The smallest absolute Gasteiger partial charge is 0.475 e. The molecule has 1 aromatic carbocycles. The maximum Gasteiger partial charge on any atom is 0.490 e. The zero-order valence-electron chi connectivity index (χ0n) is 19.9. The summed E-state index contributed by atoms with van der Waals surface area (Å²) in [5, 5.41) is 15.7. The number of carbonyl (C=O) groups excluding carboxylic acids is 1. The molecule has 2 aromatic heterocycles. The first-order valence-electron chi connectivity index (χ1n) is 11.6. The molecule has 2 saturated heterocycles. The van der Waals surface area contributed by atoms with Crippen molar-refractivity contribution >= 4 is 22.8 Å². The summed E-state index contributed by atoms with van der Waals surface area (Å²) in [6, 6.07) is 9.01. The van der Waals surface area contributed by atoms with Gasteiger partial charge in [-0.15, -0.1) is 0 Å². The Morgan fingerprint density at radius 2 is 1.81 bits per heavy atom. The van der Waals surface area contributed by atoms with Crippen LogP contribution in [0.4, 0.5) is 13.2 Å². The summed E-state index contributed by atoms with van der Waals surface area (Å²) in [5.41, 5.74) is 2.67.